The largest absolute Gasteiger partial charge is 0.462 e. The molecule has 0 fully saturated rings. The molecular weight excluding hydrogens is 320 g/mol. The molecule has 2 aromatic heterocycles. The van der Waals surface area contributed by atoms with E-state index in [0.29, 0.717) is 24.7 Å². The Hall–Kier alpha value is -2.25. The van der Waals surface area contributed by atoms with Crippen molar-refractivity contribution in [2.45, 2.75) is 45.4 Å². The van der Waals surface area contributed by atoms with Gasteiger partial charge in [-0.3, -0.25) is 14.7 Å². The van der Waals surface area contributed by atoms with Crippen molar-refractivity contribution in [1.29, 1.82) is 0 Å². The molecular formula is C18H22N4O3. The van der Waals surface area contributed by atoms with Crippen LogP contribution in [0.3, 0.4) is 0 Å². The maximum atomic E-state index is 12.5. The summed E-state index contributed by atoms with van der Waals surface area (Å²) < 4.78 is 5.54. The van der Waals surface area contributed by atoms with Crippen LogP contribution in [0.1, 0.15) is 47.9 Å². The van der Waals surface area contributed by atoms with Crippen LogP contribution in [0.25, 0.3) is 0 Å². The number of aliphatic imine (C=N–C) groups is 1. The summed E-state index contributed by atoms with van der Waals surface area (Å²) in [6.45, 7) is 2.72. The molecule has 0 saturated heterocycles. The minimum absolute atomic E-state index is 0.0616. The second-order valence-corrected chi connectivity index (χ2v) is 6.61. The van der Waals surface area contributed by atoms with Crippen molar-refractivity contribution in [3.05, 3.63) is 51.1 Å². The Morgan fingerprint density at radius 1 is 1.24 bits per heavy atom. The predicted octanol–water partition coefficient (Wildman–Crippen LogP) is 1.39. The summed E-state index contributed by atoms with van der Waals surface area (Å²) in [6, 6.07) is 3.65. The Balaban J connectivity index is 1.53. The number of nitrogens with one attached hydrogen (secondary N) is 1. The topological polar surface area (TPSA) is 94.7 Å². The molecule has 7 nitrogen and oxygen atoms in total. The first-order valence-electron chi connectivity index (χ1n) is 8.79. The third kappa shape index (κ3) is 3.43. The average molecular weight is 342 g/mol. The summed E-state index contributed by atoms with van der Waals surface area (Å²) in [5.74, 6) is 2.01. The molecule has 25 heavy (non-hydrogen) atoms. The van der Waals surface area contributed by atoms with Crippen LogP contribution in [0.5, 0.6) is 0 Å². The average Bonchev–Trinajstić information content (AvgIpc) is 3.10. The zero-order valence-corrected chi connectivity index (χ0v) is 14.1. The molecule has 2 aromatic rings. The van der Waals surface area contributed by atoms with Crippen LogP contribution in [0.15, 0.2) is 26.3 Å². The molecule has 4 heterocycles. The van der Waals surface area contributed by atoms with Crippen molar-refractivity contribution in [1.82, 2.24) is 14.9 Å². The zero-order valence-electron chi connectivity index (χ0n) is 14.1. The monoisotopic (exact) mass is 342 g/mol. The number of furan rings is 1. The van der Waals surface area contributed by atoms with Crippen LogP contribution in [0.2, 0.25) is 0 Å². The van der Waals surface area contributed by atoms with Crippen LogP contribution in [0, 0.1) is 0 Å². The third-order valence-electron chi connectivity index (χ3n) is 4.80. The van der Waals surface area contributed by atoms with E-state index in [2.05, 4.69) is 19.9 Å². The lowest BCUT2D eigenvalue weighted by atomic mass is 10.1. The molecule has 0 spiro atoms. The lowest BCUT2D eigenvalue weighted by molar-refractivity contribution is 0.206. The molecule has 0 aromatic carbocycles. The van der Waals surface area contributed by atoms with E-state index >= 15 is 0 Å². The minimum Gasteiger partial charge on any atom is -0.462 e. The highest BCUT2D eigenvalue weighted by Crippen LogP contribution is 2.19. The van der Waals surface area contributed by atoms with Crippen LogP contribution >= 0.6 is 0 Å². The van der Waals surface area contributed by atoms with E-state index in [4.69, 9.17) is 9.52 Å². The van der Waals surface area contributed by atoms with Crippen LogP contribution in [0.4, 0.5) is 0 Å². The van der Waals surface area contributed by atoms with Gasteiger partial charge >= 0.3 is 0 Å². The van der Waals surface area contributed by atoms with E-state index in [-0.39, 0.29) is 12.2 Å². The highest BCUT2D eigenvalue weighted by atomic mass is 16.4. The van der Waals surface area contributed by atoms with Gasteiger partial charge in [0.05, 0.1) is 23.5 Å². The zero-order chi connectivity index (χ0) is 17.2. The van der Waals surface area contributed by atoms with Crippen LogP contribution in [-0.2, 0) is 26.1 Å². The lowest BCUT2D eigenvalue weighted by Gasteiger charge is -2.27. The second-order valence-electron chi connectivity index (χ2n) is 6.61. The van der Waals surface area contributed by atoms with Gasteiger partial charge in [0.2, 0.25) is 0 Å². The van der Waals surface area contributed by atoms with E-state index in [0.717, 1.165) is 61.5 Å². The molecule has 4 rings (SSSR count). The number of aliphatic hydroxyl groups excluding tert-OH is 1. The van der Waals surface area contributed by atoms with Crippen molar-refractivity contribution in [2.75, 3.05) is 13.1 Å². The van der Waals surface area contributed by atoms with Gasteiger partial charge in [0.25, 0.3) is 5.56 Å². The predicted molar refractivity (Wildman–Crippen MR) is 92.6 cm³/mol. The Morgan fingerprint density at radius 3 is 2.88 bits per heavy atom. The highest BCUT2D eigenvalue weighted by molar-refractivity contribution is 5.97. The van der Waals surface area contributed by atoms with E-state index in [1.54, 1.807) is 6.07 Å². The van der Waals surface area contributed by atoms with E-state index in [1.807, 2.05) is 6.07 Å². The third-order valence-corrected chi connectivity index (χ3v) is 4.80. The summed E-state index contributed by atoms with van der Waals surface area (Å²) >= 11 is 0. The number of nitrogens with zero attached hydrogens (tertiary/aromatic N) is 3. The number of aromatic amines is 1. The van der Waals surface area contributed by atoms with Crippen molar-refractivity contribution in [3.8, 4) is 0 Å². The molecule has 2 aliphatic rings. The van der Waals surface area contributed by atoms with Gasteiger partial charge in [-0.2, -0.15) is 0 Å². The number of hydrogen-bond donors (Lipinski definition) is 2. The molecule has 132 valence electrons. The number of rotatable bonds is 4. The molecule has 0 amide bonds. The maximum Gasteiger partial charge on any atom is 0.255 e. The van der Waals surface area contributed by atoms with Crippen LogP contribution in [-0.4, -0.2) is 38.8 Å². The Kier molecular flexibility index (Phi) is 4.50. The fourth-order valence-corrected chi connectivity index (χ4v) is 3.46. The quantitative estimate of drug-likeness (QED) is 0.875. The molecule has 0 bridgehead atoms. The normalized spacial score (nSPS) is 18.0. The first kappa shape index (κ1) is 16.2. The van der Waals surface area contributed by atoms with Gasteiger partial charge in [0, 0.05) is 26.1 Å². The van der Waals surface area contributed by atoms with Crippen LogP contribution < -0.4 is 5.56 Å². The SMILES string of the molecule is O=c1[nH]c(C2=NCCCC2)nc2c1CN(Cc1ccc(CO)o1)CC2. The fraction of sp³-hybridized carbons (Fsp3) is 0.500. The highest BCUT2D eigenvalue weighted by Gasteiger charge is 2.23. The molecule has 0 unspecified atom stereocenters. The summed E-state index contributed by atoms with van der Waals surface area (Å²) in [4.78, 5) is 26.8. The van der Waals surface area contributed by atoms with Gasteiger partial charge in [0.1, 0.15) is 18.1 Å². The van der Waals surface area contributed by atoms with Crippen molar-refractivity contribution in [3.63, 3.8) is 0 Å². The molecule has 0 aliphatic carbocycles. The summed E-state index contributed by atoms with van der Waals surface area (Å²) in [7, 11) is 0. The molecule has 2 aliphatic heterocycles. The summed E-state index contributed by atoms with van der Waals surface area (Å²) in [6.07, 6.45) is 3.84. The van der Waals surface area contributed by atoms with E-state index < -0.39 is 0 Å². The molecule has 0 atom stereocenters. The summed E-state index contributed by atoms with van der Waals surface area (Å²) in [5.41, 5.74) is 2.49. The molecule has 2 N–H and O–H groups in total. The number of fused-ring (bicyclic) bond motifs is 1. The maximum absolute atomic E-state index is 12.5. The summed E-state index contributed by atoms with van der Waals surface area (Å²) in [5, 5.41) is 9.09. The molecule has 0 saturated carbocycles. The molecule has 7 heteroatoms. The first-order valence-corrected chi connectivity index (χ1v) is 8.79. The van der Waals surface area contributed by atoms with Gasteiger partial charge in [0.15, 0.2) is 5.82 Å². The van der Waals surface area contributed by atoms with Crippen molar-refractivity contribution >= 4 is 5.71 Å². The van der Waals surface area contributed by atoms with Gasteiger partial charge in [-0.25, -0.2) is 4.98 Å². The van der Waals surface area contributed by atoms with Gasteiger partial charge in [-0.15, -0.1) is 0 Å². The number of aliphatic hydroxyl groups is 1. The van der Waals surface area contributed by atoms with Gasteiger partial charge in [-0.05, 0) is 31.4 Å². The van der Waals surface area contributed by atoms with E-state index in [9.17, 15) is 4.79 Å². The van der Waals surface area contributed by atoms with Gasteiger partial charge < -0.3 is 14.5 Å². The Labute approximate surface area is 145 Å². The van der Waals surface area contributed by atoms with Crippen molar-refractivity contribution < 1.29 is 9.52 Å². The number of aromatic nitrogens is 2. The van der Waals surface area contributed by atoms with Gasteiger partial charge in [-0.1, -0.05) is 0 Å². The Morgan fingerprint density at radius 2 is 2.12 bits per heavy atom. The van der Waals surface area contributed by atoms with E-state index in [1.165, 1.54) is 0 Å². The number of hydrogen-bond acceptors (Lipinski definition) is 6. The fourth-order valence-electron chi connectivity index (χ4n) is 3.46. The smallest absolute Gasteiger partial charge is 0.255 e. The number of H-pyrrole nitrogens is 1. The first-order chi connectivity index (χ1) is 12.2. The standard InChI is InChI=1S/C18H22N4O3/c23-11-13-5-4-12(25-13)9-22-8-6-15-14(10-22)18(24)21-17(20-15)16-3-1-2-7-19-16/h4-5,23H,1-3,6-11H2,(H,20,21,24). The van der Waals surface area contributed by atoms with Crippen molar-refractivity contribution in [2.24, 2.45) is 4.99 Å². The minimum atomic E-state index is -0.0981. The second kappa shape index (κ2) is 6.93. The lowest BCUT2D eigenvalue weighted by Crippen LogP contribution is -2.36. The molecule has 0 radical (unpaired) electrons. The Bertz CT molecular complexity index is 852.